The van der Waals surface area contributed by atoms with Gasteiger partial charge in [-0.3, -0.25) is 14.9 Å². The standard InChI is InChI=1S/C24H25N5O3S2/c1-15-13-33-22(27-15)19-20(31)29-21(17(11-25)24(19)9-5-6-10-24)34-14-18(30)28-23(32)26-12-16-7-3-2-4-8-16/h2-4,7-8,13,19H,5-6,9-10,12,14H2,1H3,(H,29,31)(H2,26,28,30,32)/t19-/m1/s1. The van der Waals surface area contributed by atoms with E-state index in [-0.39, 0.29) is 11.7 Å². The Morgan fingerprint density at radius 2 is 2.03 bits per heavy atom. The molecule has 1 aliphatic carbocycles. The molecule has 4 amide bonds. The third kappa shape index (κ3) is 5.00. The lowest BCUT2D eigenvalue weighted by atomic mass is 9.67. The Labute approximate surface area is 206 Å². The zero-order valence-corrected chi connectivity index (χ0v) is 20.4. The van der Waals surface area contributed by atoms with Crippen molar-refractivity contribution in [3.05, 3.63) is 62.6 Å². The smallest absolute Gasteiger partial charge is 0.321 e. The molecular weight excluding hydrogens is 470 g/mol. The van der Waals surface area contributed by atoms with E-state index in [1.54, 1.807) is 0 Å². The molecule has 10 heteroatoms. The first-order valence-electron chi connectivity index (χ1n) is 11.0. The van der Waals surface area contributed by atoms with Crippen molar-refractivity contribution >= 4 is 40.9 Å². The maximum atomic E-state index is 13.2. The van der Waals surface area contributed by atoms with E-state index in [0.717, 1.165) is 53.7 Å². The van der Waals surface area contributed by atoms with Gasteiger partial charge in [0.15, 0.2) is 0 Å². The molecule has 4 rings (SSSR count). The second kappa shape index (κ2) is 10.4. The number of aromatic nitrogens is 1. The minimum absolute atomic E-state index is 0.101. The van der Waals surface area contributed by atoms with Crippen LogP contribution in [0.15, 0.2) is 46.3 Å². The molecule has 2 aliphatic rings. The zero-order valence-electron chi connectivity index (χ0n) is 18.7. The summed E-state index contributed by atoms with van der Waals surface area (Å²) in [4.78, 5) is 42.2. The SMILES string of the molecule is Cc1csc([C@H]2C(=O)NC(SCC(=O)NC(=O)NCc3ccccc3)=C(C#N)C23CCCC3)n1. The number of amides is 4. The molecule has 2 aromatic rings. The van der Waals surface area contributed by atoms with E-state index >= 15 is 0 Å². The van der Waals surface area contributed by atoms with E-state index in [4.69, 9.17) is 0 Å². The Hall–Kier alpha value is -3.16. The van der Waals surface area contributed by atoms with Gasteiger partial charge in [-0.25, -0.2) is 9.78 Å². The van der Waals surface area contributed by atoms with Crippen LogP contribution in [-0.2, 0) is 16.1 Å². The number of nitriles is 1. The lowest BCUT2D eigenvalue weighted by Crippen LogP contribution is -2.45. The van der Waals surface area contributed by atoms with Crippen LogP contribution < -0.4 is 16.0 Å². The number of allylic oxidation sites excluding steroid dienone is 1. The van der Waals surface area contributed by atoms with E-state index in [1.165, 1.54) is 11.3 Å². The predicted molar refractivity (Wildman–Crippen MR) is 131 cm³/mol. The molecule has 0 radical (unpaired) electrons. The first-order chi connectivity index (χ1) is 16.4. The molecule has 1 saturated carbocycles. The molecule has 1 aromatic heterocycles. The minimum atomic E-state index is -0.604. The van der Waals surface area contributed by atoms with E-state index in [2.05, 4.69) is 27.0 Å². The van der Waals surface area contributed by atoms with Crippen molar-refractivity contribution in [3.63, 3.8) is 0 Å². The normalized spacial score (nSPS) is 18.9. The number of benzene rings is 1. The largest absolute Gasteiger partial charge is 0.334 e. The second-order valence-corrected chi connectivity index (χ2v) is 10.3. The van der Waals surface area contributed by atoms with Gasteiger partial charge in [0, 0.05) is 23.0 Å². The first kappa shape index (κ1) is 24.0. The summed E-state index contributed by atoms with van der Waals surface area (Å²) in [5, 5.41) is 20.9. The van der Waals surface area contributed by atoms with Crippen LogP contribution in [0, 0.1) is 23.7 Å². The first-order valence-corrected chi connectivity index (χ1v) is 12.9. The highest BCUT2D eigenvalue weighted by Gasteiger charge is 2.53. The molecule has 2 heterocycles. The van der Waals surface area contributed by atoms with Gasteiger partial charge in [0.1, 0.15) is 10.9 Å². The van der Waals surface area contributed by atoms with Crippen molar-refractivity contribution in [2.45, 2.75) is 45.1 Å². The van der Waals surface area contributed by atoms with Crippen LogP contribution in [0.3, 0.4) is 0 Å². The van der Waals surface area contributed by atoms with E-state index in [0.29, 0.717) is 17.1 Å². The number of carbonyl (C=O) groups excluding carboxylic acids is 3. The van der Waals surface area contributed by atoms with Crippen LogP contribution in [0.4, 0.5) is 4.79 Å². The summed E-state index contributed by atoms with van der Waals surface area (Å²) in [6, 6.07) is 11.1. The van der Waals surface area contributed by atoms with Crippen LogP contribution in [0.1, 0.15) is 47.9 Å². The van der Waals surface area contributed by atoms with Gasteiger partial charge in [0.2, 0.25) is 11.8 Å². The summed E-state index contributed by atoms with van der Waals surface area (Å²) >= 11 is 2.52. The average Bonchev–Trinajstić information content (AvgIpc) is 3.47. The Balaban J connectivity index is 1.44. The summed E-state index contributed by atoms with van der Waals surface area (Å²) in [6.07, 6.45) is 3.31. The number of thiazole rings is 1. The second-order valence-electron chi connectivity index (χ2n) is 8.43. The van der Waals surface area contributed by atoms with Crippen molar-refractivity contribution in [1.82, 2.24) is 20.9 Å². The van der Waals surface area contributed by atoms with Gasteiger partial charge >= 0.3 is 6.03 Å². The maximum Gasteiger partial charge on any atom is 0.321 e. The van der Waals surface area contributed by atoms with Crippen LogP contribution in [0.5, 0.6) is 0 Å². The van der Waals surface area contributed by atoms with Gasteiger partial charge in [-0.05, 0) is 25.3 Å². The number of hydrogen-bond donors (Lipinski definition) is 3. The number of nitrogens with one attached hydrogen (secondary N) is 3. The molecule has 1 aliphatic heterocycles. The number of carbonyl (C=O) groups is 3. The zero-order chi connectivity index (χ0) is 24.1. The Morgan fingerprint density at radius 3 is 2.68 bits per heavy atom. The summed E-state index contributed by atoms with van der Waals surface area (Å²) in [5.74, 6) is -1.31. The lowest BCUT2D eigenvalue weighted by Gasteiger charge is -2.40. The van der Waals surface area contributed by atoms with Gasteiger partial charge in [0.05, 0.1) is 22.4 Å². The van der Waals surface area contributed by atoms with Crippen molar-refractivity contribution < 1.29 is 14.4 Å². The summed E-state index contributed by atoms with van der Waals surface area (Å²) < 4.78 is 0. The molecule has 1 atom stereocenters. The summed E-state index contributed by atoms with van der Waals surface area (Å²) in [7, 11) is 0. The maximum absolute atomic E-state index is 13.2. The fraction of sp³-hybridized carbons (Fsp3) is 0.375. The van der Waals surface area contributed by atoms with Crippen LogP contribution in [0.25, 0.3) is 0 Å². The topological polar surface area (TPSA) is 124 Å². The fourth-order valence-corrected chi connectivity index (χ4v) is 6.58. The van der Waals surface area contributed by atoms with Gasteiger partial charge in [-0.15, -0.1) is 11.3 Å². The molecule has 1 aromatic carbocycles. The van der Waals surface area contributed by atoms with Crippen LogP contribution in [-0.4, -0.2) is 28.6 Å². The predicted octanol–water partition coefficient (Wildman–Crippen LogP) is 3.72. The Bertz CT molecular complexity index is 1160. The van der Waals surface area contributed by atoms with Gasteiger partial charge < -0.3 is 10.6 Å². The monoisotopic (exact) mass is 495 g/mol. The van der Waals surface area contributed by atoms with E-state index in [1.807, 2.05) is 42.6 Å². The van der Waals surface area contributed by atoms with E-state index in [9.17, 15) is 19.6 Å². The summed E-state index contributed by atoms with van der Waals surface area (Å²) in [5.41, 5.74) is 1.67. The number of hydrogen-bond acceptors (Lipinski definition) is 7. The average molecular weight is 496 g/mol. The number of imide groups is 1. The molecule has 0 bridgehead atoms. The quantitative estimate of drug-likeness (QED) is 0.561. The van der Waals surface area contributed by atoms with Gasteiger partial charge in [-0.2, -0.15) is 5.26 Å². The highest BCUT2D eigenvalue weighted by molar-refractivity contribution is 8.03. The number of urea groups is 1. The molecule has 8 nitrogen and oxygen atoms in total. The number of thioether (sulfide) groups is 1. The number of aryl methyl sites for hydroxylation is 1. The molecular formula is C24H25N5O3S2. The molecule has 1 spiro atoms. The van der Waals surface area contributed by atoms with Crippen LogP contribution in [0.2, 0.25) is 0 Å². The Kier molecular flexibility index (Phi) is 7.34. The number of nitrogens with zero attached hydrogens (tertiary/aromatic N) is 2. The third-order valence-electron chi connectivity index (χ3n) is 6.16. The summed E-state index contributed by atoms with van der Waals surface area (Å²) in [6.45, 7) is 2.19. The minimum Gasteiger partial charge on any atom is -0.334 e. The molecule has 176 valence electrons. The highest BCUT2D eigenvalue weighted by Crippen LogP contribution is 2.57. The van der Waals surface area contributed by atoms with Crippen LogP contribution >= 0.6 is 23.1 Å². The fourth-order valence-electron chi connectivity index (χ4n) is 4.66. The molecule has 0 unspecified atom stereocenters. The highest BCUT2D eigenvalue weighted by atomic mass is 32.2. The lowest BCUT2D eigenvalue weighted by molar-refractivity contribution is -0.125. The van der Waals surface area contributed by atoms with Gasteiger partial charge in [-0.1, -0.05) is 54.9 Å². The van der Waals surface area contributed by atoms with Gasteiger partial charge in [0.25, 0.3) is 0 Å². The molecule has 0 saturated heterocycles. The number of rotatable bonds is 6. The van der Waals surface area contributed by atoms with E-state index < -0.39 is 23.3 Å². The van der Waals surface area contributed by atoms with Crippen molar-refractivity contribution in [1.29, 1.82) is 5.26 Å². The molecule has 1 fully saturated rings. The van der Waals surface area contributed by atoms with Crippen molar-refractivity contribution in [2.24, 2.45) is 5.41 Å². The molecule has 34 heavy (non-hydrogen) atoms. The third-order valence-corrected chi connectivity index (χ3v) is 8.19. The molecule has 3 N–H and O–H groups in total. The van der Waals surface area contributed by atoms with Crippen molar-refractivity contribution in [2.75, 3.05) is 5.75 Å². The Morgan fingerprint density at radius 1 is 1.29 bits per heavy atom. The van der Waals surface area contributed by atoms with Crippen molar-refractivity contribution in [3.8, 4) is 6.07 Å².